The maximum atomic E-state index is 13.3. The van der Waals surface area contributed by atoms with Crippen molar-refractivity contribution in [2.75, 3.05) is 13.2 Å². The zero-order valence-electron chi connectivity index (χ0n) is 13.7. The number of halogens is 2. The molecule has 128 valence electrons. The first-order chi connectivity index (χ1) is 10.8. The number of nitrogens with one attached hydrogen (secondary N) is 1. The molecule has 1 aromatic rings. The Morgan fingerprint density at radius 3 is 2.48 bits per heavy atom. The summed E-state index contributed by atoms with van der Waals surface area (Å²) in [6, 6.07) is 3.57. The molecule has 23 heavy (non-hydrogen) atoms. The van der Waals surface area contributed by atoms with E-state index in [1.165, 1.54) is 6.07 Å². The predicted molar refractivity (Wildman–Crippen MR) is 84.5 cm³/mol. The van der Waals surface area contributed by atoms with Crippen molar-refractivity contribution >= 4 is 6.09 Å². The first-order valence-electron chi connectivity index (χ1n) is 7.48. The van der Waals surface area contributed by atoms with Gasteiger partial charge in [-0.25, -0.2) is 13.6 Å². The van der Waals surface area contributed by atoms with Crippen LogP contribution in [0, 0.1) is 11.6 Å². The van der Waals surface area contributed by atoms with Gasteiger partial charge in [0, 0.05) is 6.54 Å². The molecule has 0 atom stereocenters. The summed E-state index contributed by atoms with van der Waals surface area (Å²) in [7, 11) is 0. The van der Waals surface area contributed by atoms with Crippen molar-refractivity contribution in [3.63, 3.8) is 0 Å². The van der Waals surface area contributed by atoms with Gasteiger partial charge in [-0.15, -0.1) is 0 Å². The third kappa shape index (κ3) is 8.18. The molecule has 0 aliphatic heterocycles. The Labute approximate surface area is 135 Å². The number of amides is 1. The van der Waals surface area contributed by atoms with Crippen molar-refractivity contribution < 1.29 is 23.0 Å². The summed E-state index contributed by atoms with van der Waals surface area (Å²) in [6.07, 6.45) is 4.50. The molecule has 4 nitrogen and oxygen atoms in total. The molecule has 0 heterocycles. The smallest absolute Gasteiger partial charge is 0.407 e. The molecule has 0 aliphatic rings. The molecule has 1 rings (SSSR count). The third-order valence-electron chi connectivity index (χ3n) is 2.63. The molecular weight excluding hydrogens is 304 g/mol. The molecule has 6 heteroatoms. The summed E-state index contributed by atoms with van der Waals surface area (Å²) in [6.45, 7) is 5.97. The number of hydrogen-bond donors (Lipinski definition) is 1. The number of allylic oxidation sites excluding steroid dienone is 1. The van der Waals surface area contributed by atoms with E-state index < -0.39 is 23.3 Å². The minimum atomic E-state index is -0.722. The highest BCUT2D eigenvalue weighted by atomic mass is 19.1. The Morgan fingerprint density at radius 2 is 1.87 bits per heavy atom. The van der Waals surface area contributed by atoms with Crippen LogP contribution in [-0.4, -0.2) is 24.8 Å². The molecule has 0 saturated carbocycles. The van der Waals surface area contributed by atoms with Gasteiger partial charge in [-0.05, 0) is 45.7 Å². The van der Waals surface area contributed by atoms with Gasteiger partial charge in [-0.2, -0.15) is 0 Å². The zero-order valence-corrected chi connectivity index (χ0v) is 13.7. The van der Waals surface area contributed by atoms with Crippen molar-refractivity contribution in [1.29, 1.82) is 0 Å². The molecule has 0 unspecified atom stereocenters. The number of para-hydroxylation sites is 1. The van der Waals surface area contributed by atoms with E-state index in [-0.39, 0.29) is 12.4 Å². The van der Waals surface area contributed by atoms with E-state index >= 15 is 0 Å². The molecule has 1 N–H and O–H groups in total. The largest absolute Gasteiger partial charge is 0.483 e. The van der Waals surface area contributed by atoms with Crippen molar-refractivity contribution in [3.8, 4) is 5.75 Å². The first-order valence-corrected chi connectivity index (χ1v) is 7.48. The van der Waals surface area contributed by atoms with Gasteiger partial charge in [0.15, 0.2) is 17.4 Å². The fourth-order valence-electron chi connectivity index (χ4n) is 1.66. The second-order valence-electron chi connectivity index (χ2n) is 5.90. The van der Waals surface area contributed by atoms with Gasteiger partial charge in [-0.1, -0.05) is 18.2 Å². The molecular formula is C17H23F2NO3. The van der Waals surface area contributed by atoms with E-state index in [1.807, 2.05) is 6.08 Å². The molecule has 0 aliphatic carbocycles. The summed E-state index contributed by atoms with van der Waals surface area (Å²) in [5.74, 6) is -1.82. The second kappa shape index (κ2) is 9.12. The molecule has 0 radical (unpaired) electrons. The number of carbonyl (C=O) groups excluding carboxylic acids is 1. The average Bonchev–Trinajstić information content (AvgIpc) is 2.42. The van der Waals surface area contributed by atoms with Crippen molar-refractivity contribution in [2.45, 2.75) is 39.2 Å². The summed E-state index contributed by atoms with van der Waals surface area (Å²) in [5, 5.41) is 2.65. The monoisotopic (exact) mass is 327 g/mol. The van der Waals surface area contributed by atoms with Crippen molar-refractivity contribution in [1.82, 2.24) is 5.32 Å². The van der Waals surface area contributed by atoms with Gasteiger partial charge in [-0.3, -0.25) is 0 Å². The Balaban J connectivity index is 2.15. The van der Waals surface area contributed by atoms with Gasteiger partial charge in [0.1, 0.15) is 12.2 Å². The third-order valence-corrected chi connectivity index (χ3v) is 2.63. The standard InChI is InChI=1S/C17H23F2NO3/c1-17(2,3)23-16(21)20-11-6-4-5-7-12-22-15-13(18)9-8-10-14(15)19/h5,7-10H,4,6,11-12H2,1-3H3,(H,20,21)/b7-5+. The van der Waals surface area contributed by atoms with Crippen LogP contribution in [0.4, 0.5) is 13.6 Å². The maximum absolute atomic E-state index is 13.3. The number of alkyl carbamates (subject to hydrolysis) is 1. The van der Waals surface area contributed by atoms with E-state index in [1.54, 1.807) is 26.8 Å². The lowest BCUT2D eigenvalue weighted by Gasteiger charge is -2.19. The van der Waals surface area contributed by atoms with Crippen LogP contribution >= 0.6 is 0 Å². The van der Waals surface area contributed by atoms with Crippen molar-refractivity contribution in [3.05, 3.63) is 42.0 Å². The fourth-order valence-corrected chi connectivity index (χ4v) is 1.66. The van der Waals surface area contributed by atoms with E-state index in [0.717, 1.165) is 18.6 Å². The Bertz CT molecular complexity index is 519. The highest BCUT2D eigenvalue weighted by Gasteiger charge is 2.15. The van der Waals surface area contributed by atoms with Crippen LogP contribution in [0.25, 0.3) is 0 Å². The quantitative estimate of drug-likeness (QED) is 0.603. The lowest BCUT2D eigenvalue weighted by Crippen LogP contribution is -2.32. The van der Waals surface area contributed by atoms with Gasteiger partial charge in [0.2, 0.25) is 0 Å². The minimum Gasteiger partial charge on any atom is -0.483 e. The Hall–Kier alpha value is -2.11. The summed E-state index contributed by atoms with van der Waals surface area (Å²) >= 11 is 0. The number of benzene rings is 1. The van der Waals surface area contributed by atoms with Crippen LogP contribution in [0.15, 0.2) is 30.4 Å². The molecule has 0 spiro atoms. The summed E-state index contributed by atoms with van der Waals surface area (Å²) in [4.78, 5) is 11.4. The van der Waals surface area contributed by atoms with Crippen molar-refractivity contribution in [2.24, 2.45) is 0 Å². The average molecular weight is 327 g/mol. The minimum absolute atomic E-state index is 0.0807. The van der Waals surface area contributed by atoms with Crippen LogP contribution in [0.5, 0.6) is 5.75 Å². The van der Waals surface area contributed by atoms with E-state index in [9.17, 15) is 13.6 Å². The predicted octanol–water partition coefficient (Wildman–Crippen LogP) is 4.20. The Kier molecular flexibility index (Phi) is 7.51. The molecule has 0 bridgehead atoms. The van der Waals surface area contributed by atoms with E-state index in [2.05, 4.69) is 5.32 Å². The SMILES string of the molecule is CC(C)(C)OC(=O)NCCC/C=C/COc1c(F)cccc1F. The highest BCUT2D eigenvalue weighted by Crippen LogP contribution is 2.20. The van der Waals surface area contributed by atoms with Gasteiger partial charge in [0.05, 0.1) is 0 Å². The molecule has 0 fully saturated rings. The number of rotatable bonds is 7. The van der Waals surface area contributed by atoms with Gasteiger partial charge >= 0.3 is 6.09 Å². The topological polar surface area (TPSA) is 47.6 Å². The number of ether oxygens (including phenoxy) is 2. The lowest BCUT2D eigenvalue weighted by atomic mass is 10.2. The maximum Gasteiger partial charge on any atom is 0.407 e. The molecule has 1 amide bonds. The number of carbonyl (C=O) groups is 1. The lowest BCUT2D eigenvalue weighted by molar-refractivity contribution is 0.0527. The Morgan fingerprint density at radius 1 is 1.22 bits per heavy atom. The first kappa shape index (κ1) is 18.9. The fraction of sp³-hybridized carbons (Fsp3) is 0.471. The normalized spacial score (nSPS) is 11.5. The molecule has 0 saturated heterocycles. The van der Waals surface area contributed by atoms with Crippen LogP contribution in [0.3, 0.4) is 0 Å². The van der Waals surface area contributed by atoms with Crippen LogP contribution in [0.1, 0.15) is 33.6 Å². The van der Waals surface area contributed by atoms with Gasteiger partial charge in [0.25, 0.3) is 0 Å². The molecule has 1 aromatic carbocycles. The van der Waals surface area contributed by atoms with Gasteiger partial charge < -0.3 is 14.8 Å². The summed E-state index contributed by atoms with van der Waals surface area (Å²) in [5.41, 5.74) is -0.511. The van der Waals surface area contributed by atoms with Crippen LogP contribution in [-0.2, 0) is 4.74 Å². The number of unbranched alkanes of at least 4 members (excludes halogenated alkanes) is 1. The molecule has 0 aromatic heterocycles. The highest BCUT2D eigenvalue weighted by molar-refractivity contribution is 5.67. The van der Waals surface area contributed by atoms with E-state index in [0.29, 0.717) is 13.0 Å². The van der Waals surface area contributed by atoms with Crippen LogP contribution < -0.4 is 10.1 Å². The summed E-state index contributed by atoms with van der Waals surface area (Å²) < 4.78 is 36.7. The van der Waals surface area contributed by atoms with E-state index in [4.69, 9.17) is 9.47 Å². The second-order valence-corrected chi connectivity index (χ2v) is 5.90. The number of hydrogen-bond acceptors (Lipinski definition) is 3. The van der Waals surface area contributed by atoms with Crippen LogP contribution in [0.2, 0.25) is 0 Å². The zero-order chi connectivity index (χ0) is 17.3.